The first kappa shape index (κ1) is 16.8. The van der Waals surface area contributed by atoms with E-state index in [-0.39, 0.29) is 5.91 Å². The molecule has 0 fully saturated rings. The average molecular weight is 391 g/mol. The Balaban J connectivity index is 1.40. The highest BCUT2D eigenvalue weighted by molar-refractivity contribution is 7.14. The summed E-state index contributed by atoms with van der Waals surface area (Å²) in [7, 11) is 0. The van der Waals surface area contributed by atoms with E-state index >= 15 is 0 Å². The Kier molecular flexibility index (Phi) is 3.83. The van der Waals surface area contributed by atoms with E-state index in [1.165, 1.54) is 11.3 Å². The number of carbonyl (C=O) groups excluding carboxylic acids is 1. The summed E-state index contributed by atoms with van der Waals surface area (Å²) in [6.45, 7) is 5.14. The molecule has 4 aromatic rings. The molecular weight excluding hydrogens is 374 g/mol. The number of amides is 1. The average Bonchev–Trinajstić information content (AvgIpc) is 3.35. The van der Waals surface area contributed by atoms with E-state index in [0.717, 1.165) is 29.0 Å². The van der Waals surface area contributed by atoms with Crippen molar-refractivity contribution in [2.75, 3.05) is 16.8 Å². The van der Waals surface area contributed by atoms with Crippen molar-refractivity contribution in [3.05, 3.63) is 52.8 Å². The van der Waals surface area contributed by atoms with Crippen molar-refractivity contribution in [3.8, 4) is 0 Å². The van der Waals surface area contributed by atoms with Gasteiger partial charge in [-0.25, -0.2) is 19.9 Å². The normalized spacial score (nSPS) is 13.1. The number of aryl methyl sites for hydroxylation is 2. The second-order valence-electron chi connectivity index (χ2n) is 6.65. The number of aromatic nitrogens is 5. The predicted molar refractivity (Wildman–Crippen MR) is 108 cm³/mol. The number of nitrogens with zero attached hydrogens (tertiary/aromatic N) is 6. The molecule has 9 heteroatoms. The predicted octanol–water partition coefficient (Wildman–Crippen LogP) is 3.30. The SMILES string of the molecule is Cc1cc(C)nc(Nc2nc(C(=O)N3CCn4c3nc3ccccc34)cs2)n1. The van der Waals surface area contributed by atoms with Crippen molar-refractivity contribution < 1.29 is 4.79 Å². The lowest BCUT2D eigenvalue weighted by molar-refractivity contribution is 0.0984. The number of benzene rings is 1. The van der Waals surface area contributed by atoms with Gasteiger partial charge in [-0.1, -0.05) is 12.1 Å². The summed E-state index contributed by atoms with van der Waals surface area (Å²) in [5, 5.41) is 5.42. The van der Waals surface area contributed by atoms with E-state index in [1.807, 2.05) is 44.2 Å². The lowest BCUT2D eigenvalue weighted by Crippen LogP contribution is -2.29. The van der Waals surface area contributed by atoms with Crippen molar-refractivity contribution in [1.82, 2.24) is 24.5 Å². The van der Waals surface area contributed by atoms with Crippen molar-refractivity contribution in [2.24, 2.45) is 0 Å². The number of para-hydroxylation sites is 2. The summed E-state index contributed by atoms with van der Waals surface area (Å²) >= 11 is 1.35. The number of carbonyl (C=O) groups is 1. The number of nitrogens with one attached hydrogen (secondary N) is 1. The zero-order chi connectivity index (χ0) is 19.3. The Morgan fingerprint density at radius 1 is 1.07 bits per heavy atom. The maximum atomic E-state index is 13.0. The van der Waals surface area contributed by atoms with Crippen molar-refractivity contribution >= 4 is 45.3 Å². The lowest BCUT2D eigenvalue weighted by atomic mass is 10.3. The monoisotopic (exact) mass is 391 g/mol. The largest absolute Gasteiger partial charge is 0.308 e. The molecule has 1 N–H and O–H groups in total. The highest BCUT2D eigenvalue weighted by atomic mass is 32.1. The highest BCUT2D eigenvalue weighted by Gasteiger charge is 2.30. The zero-order valence-corrected chi connectivity index (χ0v) is 16.2. The van der Waals surface area contributed by atoms with Gasteiger partial charge in [0.15, 0.2) is 5.13 Å². The molecule has 1 amide bonds. The zero-order valence-electron chi connectivity index (χ0n) is 15.4. The Hall–Kier alpha value is -3.33. The Bertz CT molecular complexity index is 1190. The molecular formula is C19H17N7OS. The quantitative estimate of drug-likeness (QED) is 0.576. The first-order valence-electron chi connectivity index (χ1n) is 8.90. The first-order valence-corrected chi connectivity index (χ1v) is 9.78. The van der Waals surface area contributed by atoms with E-state index in [4.69, 9.17) is 0 Å². The summed E-state index contributed by atoms with van der Waals surface area (Å²) in [4.78, 5) is 32.5. The van der Waals surface area contributed by atoms with Gasteiger partial charge in [0.05, 0.1) is 11.0 Å². The van der Waals surface area contributed by atoms with Gasteiger partial charge in [-0.15, -0.1) is 11.3 Å². The highest BCUT2D eigenvalue weighted by Crippen LogP contribution is 2.29. The van der Waals surface area contributed by atoms with Crippen LogP contribution in [0, 0.1) is 13.8 Å². The molecule has 5 rings (SSSR count). The van der Waals surface area contributed by atoms with Crippen molar-refractivity contribution in [3.63, 3.8) is 0 Å². The maximum absolute atomic E-state index is 13.0. The molecule has 0 spiro atoms. The van der Waals surface area contributed by atoms with E-state index in [0.29, 0.717) is 29.3 Å². The van der Waals surface area contributed by atoms with Gasteiger partial charge >= 0.3 is 0 Å². The van der Waals surface area contributed by atoms with Crippen LogP contribution in [0.3, 0.4) is 0 Å². The fourth-order valence-corrected chi connectivity index (χ4v) is 4.10. The minimum absolute atomic E-state index is 0.153. The molecule has 1 aliphatic heterocycles. The molecule has 0 aliphatic carbocycles. The van der Waals surface area contributed by atoms with Gasteiger partial charge < -0.3 is 9.88 Å². The van der Waals surface area contributed by atoms with Crippen LogP contribution in [0.2, 0.25) is 0 Å². The molecule has 140 valence electrons. The Morgan fingerprint density at radius 3 is 2.68 bits per heavy atom. The van der Waals surface area contributed by atoms with Crippen molar-refractivity contribution in [2.45, 2.75) is 20.4 Å². The van der Waals surface area contributed by atoms with E-state index < -0.39 is 0 Å². The second-order valence-corrected chi connectivity index (χ2v) is 7.50. The van der Waals surface area contributed by atoms with Gasteiger partial charge in [0.1, 0.15) is 5.69 Å². The molecule has 0 unspecified atom stereocenters. The number of thiazole rings is 1. The van der Waals surface area contributed by atoms with Crippen LogP contribution in [-0.2, 0) is 6.54 Å². The smallest absolute Gasteiger partial charge is 0.280 e. The van der Waals surface area contributed by atoms with Crippen LogP contribution < -0.4 is 10.2 Å². The van der Waals surface area contributed by atoms with Gasteiger partial charge in [0.25, 0.3) is 5.91 Å². The third-order valence-electron chi connectivity index (χ3n) is 4.59. The third kappa shape index (κ3) is 2.80. The molecule has 1 aromatic carbocycles. The van der Waals surface area contributed by atoms with E-state index in [1.54, 1.807) is 10.3 Å². The standard InChI is InChI=1S/C19H17N7OS/c1-11-9-12(2)21-17(20-11)24-18-22-14(10-28-18)16(27)26-8-7-25-15-6-4-3-5-13(15)23-19(25)26/h3-6,9-10H,7-8H2,1-2H3,(H,20,21,22,24). The summed E-state index contributed by atoms with van der Waals surface area (Å²) in [5.74, 6) is 1.000. The van der Waals surface area contributed by atoms with Crippen LogP contribution in [0.4, 0.5) is 17.0 Å². The second kappa shape index (κ2) is 6.38. The molecule has 4 heterocycles. The molecule has 8 nitrogen and oxygen atoms in total. The Morgan fingerprint density at radius 2 is 1.86 bits per heavy atom. The lowest BCUT2D eigenvalue weighted by Gasteiger charge is -2.11. The van der Waals surface area contributed by atoms with Crippen molar-refractivity contribution in [1.29, 1.82) is 0 Å². The topological polar surface area (TPSA) is 88.8 Å². The minimum Gasteiger partial charge on any atom is -0.308 e. The molecule has 0 atom stereocenters. The summed E-state index contributed by atoms with van der Waals surface area (Å²) < 4.78 is 2.07. The first-order chi connectivity index (χ1) is 13.6. The molecule has 1 aliphatic rings. The third-order valence-corrected chi connectivity index (χ3v) is 5.35. The molecule has 0 bridgehead atoms. The van der Waals surface area contributed by atoms with Gasteiger partial charge in [-0.3, -0.25) is 9.69 Å². The summed E-state index contributed by atoms with van der Waals surface area (Å²) in [6, 6.07) is 9.81. The molecule has 0 saturated heterocycles. The number of fused-ring (bicyclic) bond motifs is 3. The summed E-state index contributed by atoms with van der Waals surface area (Å²) in [6.07, 6.45) is 0. The van der Waals surface area contributed by atoms with E-state index in [2.05, 4.69) is 29.8 Å². The van der Waals surface area contributed by atoms with Crippen LogP contribution in [0.5, 0.6) is 0 Å². The number of rotatable bonds is 3. The molecule has 28 heavy (non-hydrogen) atoms. The van der Waals surface area contributed by atoms with Crippen LogP contribution in [0.15, 0.2) is 35.7 Å². The maximum Gasteiger partial charge on any atom is 0.280 e. The van der Waals surface area contributed by atoms with Crippen LogP contribution >= 0.6 is 11.3 Å². The van der Waals surface area contributed by atoms with E-state index in [9.17, 15) is 4.79 Å². The Labute approximate surface area is 164 Å². The van der Waals surface area contributed by atoms with Crippen LogP contribution in [0.25, 0.3) is 11.0 Å². The number of hydrogen-bond donors (Lipinski definition) is 1. The minimum atomic E-state index is -0.153. The molecule has 0 radical (unpaired) electrons. The van der Waals surface area contributed by atoms with Crippen LogP contribution in [-0.4, -0.2) is 37.0 Å². The van der Waals surface area contributed by atoms with Gasteiger partial charge in [0.2, 0.25) is 11.9 Å². The molecule has 3 aromatic heterocycles. The number of imidazole rings is 1. The fraction of sp³-hybridized carbons (Fsp3) is 0.211. The number of hydrogen-bond acceptors (Lipinski definition) is 7. The molecule has 0 saturated carbocycles. The summed E-state index contributed by atoms with van der Waals surface area (Å²) in [5.41, 5.74) is 4.07. The van der Waals surface area contributed by atoms with Gasteiger partial charge in [-0.05, 0) is 32.0 Å². The van der Waals surface area contributed by atoms with Gasteiger partial charge in [0, 0.05) is 29.9 Å². The number of anilines is 3. The fourth-order valence-electron chi connectivity index (χ4n) is 3.43. The van der Waals surface area contributed by atoms with Crippen LogP contribution in [0.1, 0.15) is 21.9 Å². The van der Waals surface area contributed by atoms with Gasteiger partial charge in [-0.2, -0.15) is 0 Å².